The third kappa shape index (κ3) is 3.33. The van der Waals surface area contributed by atoms with E-state index in [1.54, 1.807) is 14.2 Å². The van der Waals surface area contributed by atoms with Crippen LogP contribution in [0, 0.1) is 0 Å². The first-order valence-electron chi connectivity index (χ1n) is 5.95. The van der Waals surface area contributed by atoms with Gasteiger partial charge >= 0.3 is 0 Å². The van der Waals surface area contributed by atoms with Gasteiger partial charge in [-0.15, -0.1) is 0 Å². The van der Waals surface area contributed by atoms with E-state index in [2.05, 4.69) is 26.9 Å². The van der Waals surface area contributed by atoms with Crippen molar-refractivity contribution in [2.75, 3.05) is 38.8 Å². The van der Waals surface area contributed by atoms with Crippen molar-refractivity contribution in [3.8, 4) is 11.5 Å². The van der Waals surface area contributed by atoms with Gasteiger partial charge in [-0.05, 0) is 22.0 Å². The summed E-state index contributed by atoms with van der Waals surface area (Å²) >= 11 is 5.56. The largest absolute Gasteiger partial charge is 0.496 e. The van der Waals surface area contributed by atoms with Crippen LogP contribution in [0.25, 0.3) is 0 Å². The van der Waals surface area contributed by atoms with Crippen LogP contribution in [-0.2, 0) is 6.54 Å². The molecular weight excluding hydrogens is 314 g/mol. The highest BCUT2D eigenvalue weighted by Crippen LogP contribution is 2.33. The molecule has 100 valence electrons. The number of halogens is 1. The molecule has 1 aliphatic heterocycles. The maximum Gasteiger partial charge on any atom is 0.136 e. The molecule has 1 heterocycles. The second-order valence-corrected chi connectivity index (χ2v) is 6.27. The first-order valence-corrected chi connectivity index (χ1v) is 7.90. The lowest BCUT2D eigenvalue weighted by molar-refractivity contribution is 0.287. The van der Waals surface area contributed by atoms with Crippen LogP contribution in [0.4, 0.5) is 0 Å². The summed E-state index contributed by atoms with van der Waals surface area (Å²) in [5, 5.41) is 0. The Morgan fingerprint density at radius 1 is 1.17 bits per heavy atom. The summed E-state index contributed by atoms with van der Waals surface area (Å²) in [4.78, 5) is 2.47. The average Bonchev–Trinajstić information content (AvgIpc) is 2.40. The smallest absolute Gasteiger partial charge is 0.136 e. The summed E-state index contributed by atoms with van der Waals surface area (Å²) in [6, 6.07) is 4.04. The summed E-state index contributed by atoms with van der Waals surface area (Å²) in [5.74, 6) is 4.15. The minimum absolute atomic E-state index is 0.810. The molecule has 1 aliphatic rings. The van der Waals surface area contributed by atoms with E-state index >= 15 is 0 Å². The van der Waals surface area contributed by atoms with Crippen molar-refractivity contribution in [2.24, 2.45) is 0 Å². The number of ether oxygens (including phenoxy) is 2. The van der Waals surface area contributed by atoms with Gasteiger partial charge in [0.15, 0.2) is 0 Å². The first kappa shape index (κ1) is 14.0. The van der Waals surface area contributed by atoms with E-state index in [1.807, 2.05) is 17.8 Å². The van der Waals surface area contributed by atoms with Crippen molar-refractivity contribution in [2.45, 2.75) is 6.54 Å². The quantitative estimate of drug-likeness (QED) is 0.845. The van der Waals surface area contributed by atoms with Gasteiger partial charge in [0.1, 0.15) is 11.5 Å². The third-order valence-electron chi connectivity index (χ3n) is 3.05. The maximum atomic E-state index is 5.45. The van der Waals surface area contributed by atoms with Gasteiger partial charge in [-0.2, -0.15) is 11.8 Å². The Morgan fingerprint density at radius 2 is 1.83 bits per heavy atom. The van der Waals surface area contributed by atoms with Crippen LogP contribution in [0.3, 0.4) is 0 Å². The molecule has 0 saturated carbocycles. The normalized spacial score (nSPS) is 16.6. The van der Waals surface area contributed by atoms with Gasteiger partial charge in [0.25, 0.3) is 0 Å². The fourth-order valence-electron chi connectivity index (χ4n) is 2.05. The molecule has 0 aromatic heterocycles. The summed E-state index contributed by atoms with van der Waals surface area (Å²) in [7, 11) is 3.37. The summed E-state index contributed by atoms with van der Waals surface area (Å²) < 4.78 is 11.7. The predicted octanol–water partition coefficient (Wildman–Crippen LogP) is 3.02. The van der Waals surface area contributed by atoms with Crippen molar-refractivity contribution < 1.29 is 9.47 Å². The molecule has 0 spiro atoms. The molecule has 1 aromatic carbocycles. The molecule has 18 heavy (non-hydrogen) atoms. The van der Waals surface area contributed by atoms with Gasteiger partial charge in [-0.3, -0.25) is 4.90 Å². The molecule has 0 amide bonds. The van der Waals surface area contributed by atoms with Crippen LogP contribution in [-0.4, -0.2) is 43.7 Å². The molecular formula is C13H18BrNO2S. The number of benzene rings is 1. The second kappa shape index (κ2) is 6.68. The molecule has 0 atom stereocenters. The van der Waals surface area contributed by atoms with E-state index in [-0.39, 0.29) is 0 Å². The molecule has 5 heteroatoms. The van der Waals surface area contributed by atoms with Crippen LogP contribution in [0.1, 0.15) is 5.56 Å². The molecule has 3 nitrogen and oxygen atoms in total. The Balaban J connectivity index is 2.17. The zero-order valence-corrected chi connectivity index (χ0v) is 13.1. The number of rotatable bonds is 4. The lowest BCUT2D eigenvalue weighted by atomic mass is 10.1. The summed E-state index contributed by atoms with van der Waals surface area (Å²) in [5.41, 5.74) is 1.21. The highest BCUT2D eigenvalue weighted by atomic mass is 79.9. The Labute approximate surface area is 121 Å². The number of thioether (sulfide) groups is 1. The van der Waals surface area contributed by atoms with Crippen LogP contribution in [0.5, 0.6) is 11.5 Å². The number of nitrogens with zero attached hydrogens (tertiary/aromatic N) is 1. The van der Waals surface area contributed by atoms with Crippen LogP contribution < -0.4 is 9.47 Å². The zero-order chi connectivity index (χ0) is 13.0. The number of methoxy groups -OCH3 is 2. The average molecular weight is 332 g/mol. The minimum atomic E-state index is 0.810. The molecule has 1 saturated heterocycles. The van der Waals surface area contributed by atoms with E-state index in [4.69, 9.17) is 9.47 Å². The third-order valence-corrected chi connectivity index (χ3v) is 4.61. The molecule has 2 rings (SSSR count). The summed E-state index contributed by atoms with van der Waals surface area (Å²) in [6.45, 7) is 3.24. The van der Waals surface area contributed by atoms with Crippen LogP contribution in [0.2, 0.25) is 0 Å². The lowest BCUT2D eigenvalue weighted by Crippen LogP contribution is -2.32. The second-order valence-electron chi connectivity index (χ2n) is 4.19. The van der Waals surface area contributed by atoms with E-state index in [0.29, 0.717) is 0 Å². The predicted molar refractivity (Wildman–Crippen MR) is 79.8 cm³/mol. The van der Waals surface area contributed by atoms with E-state index in [9.17, 15) is 0 Å². The van der Waals surface area contributed by atoms with Crippen LogP contribution >= 0.6 is 27.7 Å². The fourth-order valence-corrected chi connectivity index (χ4v) is 3.58. The molecule has 0 unspecified atom stereocenters. The van der Waals surface area contributed by atoms with Crippen molar-refractivity contribution in [3.63, 3.8) is 0 Å². The molecule has 0 radical (unpaired) electrons. The van der Waals surface area contributed by atoms with Crippen molar-refractivity contribution in [1.82, 2.24) is 4.90 Å². The molecule has 1 aromatic rings. The summed E-state index contributed by atoms with van der Waals surface area (Å²) in [6.07, 6.45) is 0. The highest BCUT2D eigenvalue weighted by molar-refractivity contribution is 9.10. The Hall–Kier alpha value is -0.390. The first-order chi connectivity index (χ1) is 8.74. The van der Waals surface area contributed by atoms with Gasteiger partial charge in [-0.1, -0.05) is 0 Å². The monoisotopic (exact) mass is 331 g/mol. The van der Waals surface area contributed by atoms with Crippen molar-refractivity contribution in [1.29, 1.82) is 0 Å². The van der Waals surface area contributed by atoms with Gasteiger partial charge in [0.05, 0.1) is 18.7 Å². The fraction of sp³-hybridized carbons (Fsp3) is 0.538. The van der Waals surface area contributed by atoms with E-state index < -0.39 is 0 Å². The Bertz CT molecular complexity index is 408. The topological polar surface area (TPSA) is 21.7 Å². The molecule has 0 N–H and O–H groups in total. The van der Waals surface area contributed by atoms with E-state index in [0.717, 1.165) is 35.6 Å². The number of hydrogen-bond donors (Lipinski definition) is 0. The Morgan fingerprint density at radius 3 is 2.44 bits per heavy atom. The SMILES string of the molecule is COc1cc(OC)c(CN2CCSCC2)cc1Br. The van der Waals surface area contributed by atoms with Gasteiger partial charge in [-0.25, -0.2) is 0 Å². The van der Waals surface area contributed by atoms with Gasteiger partial charge in [0, 0.05) is 42.8 Å². The minimum Gasteiger partial charge on any atom is -0.496 e. The molecule has 0 aliphatic carbocycles. The lowest BCUT2D eigenvalue weighted by Gasteiger charge is -2.27. The Kier molecular flexibility index (Phi) is 5.21. The zero-order valence-electron chi connectivity index (χ0n) is 10.7. The van der Waals surface area contributed by atoms with Crippen LogP contribution in [0.15, 0.2) is 16.6 Å². The standard InChI is InChI=1S/C13H18BrNO2S/c1-16-12-8-13(17-2)11(14)7-10(12)9-15-3-5-18-6-4-15/h7-8H,3-6,9H2,1-2H3. The molecule has 1 fully saturated rings. The van der Waals surface area contributed by atoms with Crippen molar-refractivity contribution >= 4 is 27.7 Å². The van der Waals surface area contributed by atoms with E-state index in [1.165, 1.54) is 17.1 Å². The van der Waals surface area contributed by atoms with Gasteiger partial charge in [0.2, 0.25) is 0 Å². The molecule has 0 bridgehead atoms. The van der Waals surface area contributed by atoms with Gasteiger partial charge < -0.3 is 9.47 Å². The highest BCUT2D eigenvalue weighted by Gasteiger charge is 2.15. The van der Waals surface area contributed by atoms with Crippen molar-refractivity contribution in [3.05, 3.63) is 22.2 Å². The number of hydrogen-bond acceptors (Lipinski definition) is 4. The maximum absolute atomic E-state index is 5.45.